The lowest BCUT2D eigenvalue weighted by atomic mass is 9.64. The Bertz CT molecular complexity index is 144. The van der Waals surface area contributed by atoms with Gasteiger partial charge in [0.2, 0.25) is 0 Å². The molecule has 14 heavy (non-hydrogen) atoms. The molecule has 1 aliphatic rings. The van der Waals surface area contributed by atoms with E-state index < -0.39 is 0 Å². The topological polar surface area (TPSA) is 0 Å². The summed E-state index contributed by atoms with van der Waals surface area (Å²) in [6.07, 6.45) is 8.67. The molecule has 0 nitrogen and oxygen atoms in total. The van der Waals surface area contributed by atoms with Gasteiger partial charge in [-0.05, 0) is 36.5 Å². The number of hydrogen-bond acceptors (Lipinski definition) is 0. The number of hydrogen-bond donors (Lipinski definition) is 0. The monoisotopic (exact) mass is 196 g/mol. The van der Waals surface area contributed by atoms with E-state index in [1.807, 2.05) is 0 Å². The third-order valence-corrected chi connectivity index (χ3v) is 4.23. The first-order valence-corrected chi connectivity index (χ1v) is 6.69. The van der Waals surface area contributed by atoms with E-state index in [-0.39, 0.29) is 0 Å². The normalized spacial score (nSPS) is 30.9. The summed E-state index contributed by atoms with van der Waals surface area (Å²) in [6.45, 7) is 9.57. The van der Waals surface area contributed by atoms with Crippen molar-refractivity contribution in [2.75, 3.05) is 0 Å². The molecule has 0 spiro atoms. The van der Waals surface area contributed by atoms with Crippen LogP contribution in [0.1, 0.15) is 66.2 Å². The van der Waals surface area contributed by atoms with Gasteiger partial charge in [0.15, 0.2) is 0 Å². The molecule has 0 aromatic carbocycles. The molecule has 0 aromatic rings. The van der Waals surface area contributed by atoms with E-state index in [1.54, 1.807) is 0 Å². The highest BCUT2D eigenvalue weighted by atomic mass is 14.4. The van der Waals surface area contributed by atoms with Crippen LogP contribution in [0.3, 0.4) is 0 Å². The minimum atomic E-state index is 0.970. The van der Waals surface area contributed by atoms with Gasteiger partial charge in [0, 0.05) is 0 Å². The molecule has 0 bridgehead atoms. The molecule has 84 valence electrons. The predicted octanol–water partition coefficient (Wildman–Crippen LogP) is 4.89. The van der Waals surface area contributed by atoms with Gasteiger partial charge < -0.3 is 0 Å². The van der Waals surface area contributed by atoms with Gasteiger partial charge in [0.05, 0.1) is 0 Å². The minimum Gasteiger partial charge on any atom is -0.0654 e. The van der Waals surface area contributed by atoms with Crippen molar-refractivity contribution in [2.24, 2.45) is 23.7 Å². The lowest BCUT2D eigenvalue weighted by Gasteiger charge is -2.41. The van der Waals surface area contributed by atoms with E-state index in [2.05, 4.69) is 27.7 Å². The smallest absolute Gasteiger partial charge is 0.0362 e. The molecule has 2 atom stereocenters. The van der Waals surface area contributed by atoms with Crippen LogP contribution in [0.5, 0.6) is 0 Å². The second-order valence-corrected chi connectivity index (χ2v) is 5.53. The SMILES string of the molecule is CCCCC(C)C(CC)C1CC(C)C1. The van der Waals surface area contributed by atoms with Gasteiger partial charge >= 0.3 is 0 Å². The molecule has 0 N–H and O–H groups in total. The molecule has 0 heterocycles. The maximum absolute atomic E-state index is 2.48. The van der Waals surface area contributed by atoms with Crippen LogP contribution in [-0.2, 0) is 0 Å². The van der Waals surface area contributed by atoms with E-state index in [0.717, 1.165) is 23.7 Å². The maximum atomic E-state index is 2.48. The summed E-state index contributed by atoms with van der Waals surface area (Å²) in [7, 11) is 0. The molecule has 1 saturated carbocycles. The van der Waals surface area contributed by atoms with Crippen molar-refractivity contribution in [2.45, 2.75) is 66.2 Å². The molecule has 0 aliphatic heterocycles. The Kier molecular flexibility index (Phi) is 4.98. The Balaban J connectivity index is 2.29. The molecule has 1 aliphatic carbocycles. The molecule has 0 saturated heterocycles. The minimum absolute atomic E-state index is 0.970. The third-order valence-electron chi connectivity index (χ3n) is 4.23. The van der Waals surface area contributed by atoms with Crippen LogP contribution < -0.4 is 0 Å². The van der Waals surface area contributed by atoms with Crippen LogP contribution in [0, 0.1) is 23.7 Å². The number of unbranched alkanes of at least 4 members (excludes halogenated alkanes) is 1. The standard InChI is InChI=1S/C14H28/c1-5-7-8-12(4)14(6-2)13-9-11(3)10-13/h11-14H,5-10H2,1-4H3. The second kappa shape index (κ2) is 5.78. The molecular weight excluding hydrogens is 168 g/mol. The molecule has 2 unspecified atom stereocenters. The predicted molar refractivity (Wildman–Crippen MR) is 64.4 cm³/mol. The summed E-state index contributed by atoms with van der Waals surface area (Å²) >= 11 is 0. The number of rotatable bonds is 6. The van der Waals surface area contributed by atoms with Crippen LogP contribution >= 0.6 is 0 Å². The van der Waals surface area contributed by atoms with E-state index in [9.17, 15) is 0 Å². The largest absolute Gasteiger partial charge is 0.0654 e. The summed E-state index contributed by atoms with van der Waals surface area (Å²) in [5, 5.41) is 0. The van der Waals surface area contributed by atoms with Crippen molar-refractivity contribution in [3.63, 3.8) is 0 Å². The Morgan fingerprint density at radius 1 is 1.21 bits per heavy atom. The maximum Gasteiger partial charge on any atom is -0.0362 e. The Labute approximate surface area is 90.5 Å². The molecule has 1 fully saturated rings. The van der Waals surface area contributed by atoms with E-state index in [0.29, 0.717) is 0 Å². The fourth-order valence-corrected chi connectivity index (χ4v) is 3.25. The Morgan fingerprint density at radius 3 is 2.29 bits per heavy atom. The van der Waals surface area contributed by atoms with Gasteiger partial charge in [-0.3, -0.25) is 0 Å². The van der Waals surface area contributed by atoms with Gasteiger partial charge in [0.25, 0.3) is 0 Å². The van der Waals surface area contributed by atoms with Crippen molar-refractivity contribution in [1.29, 1.82) is 0 Å². The van der Waals surface area contributed by atoms with E-state index >= 15 is 0 Å². The van der Waals surface area contributed by atoms with Crippen LogP contribution in [-0.4, -0.2) is 0 Å². The molecule has 0 aromatic heterocycles. The average molecular weight is 196 g/mol. The lowest BCUT2D eigenvalue weighted by Crippen LogP contribution is -2.31. The fraction of sp³-hybridized carbons (Fsp3) is 1.00. The van der Waals surface area contributed by atoms with Gasteiger partial charge in [-0.25, -0.2) is 0 Å². The first-order chi connectivity index (χ1) is 6.69. The molecule has 0 amide bonds. The van der Waals surface area contributed by atoms with Crippen molar-refractivity contribution < 1.29 is 0 Å². The summed E-state index contributed by atoms with van der Waals surface area (Å²) in [5.74, 6) is 4.09. The third kappa shape index (κ3) is 3.00. The second-order valence-electron chi connectivity index (χ2n) is 5.53. The first-order valence-electron chi connectivity index (χ1n) is 6.69. The van der Waals surface area contributed by atoms with Gasteiger partial charge in [-0.1, -0.05) is 53.4 Å². The summed E-state index contributed by atoms with van der Waals surface area (Å²) in [4.78, 5) is 0. The quantitative estimate of drug-likeness (QED) is 0.567. The van der Waals surface area contributed by atoms with Crippen LogP contribution in [0.25, 0.3) is 0 Å². The Hall–Kier alpha value is 0. The van der Waals surface area contributed by atoms with E-state index in [4.69, 9.17) is 0 Å². The molecule has 0 heteroatoms. The van der Waals surface area contributed by atoms with Gasteiger partial charge in [-0.2, -0.15) is 0 Å². The summed E-state index contributed by atoms with van der Waals surface area (Å²) in [5.41, 5.74) is 0. The molecular formula is C14H28. The highest BCUT2D eigenvalue weighted by Gasteiger charge is 2.33. The van der Waals surface area contributed by atoms with Crippen molar-refractivity contribution in [1.82, 2.24) is 0 Å². The highest BCUT2D eigenvalue weighted by molar-refractivity contribution is 4.84. The van der Waals surface area contributed by atoms with E-state index in [1.165, 1.54) is 38.5 Å². The summed E-state index contributed by atoms with van der Waals surface area (Å²) < 4.78 is 0. The zero-order chi connectivity index (χ0) is 10.6. The summed E-state index contributed by atoms with van der Waals surface area (Å²) in [6, 6.07) is 0. The zero-order valence-corrected chi connectivity index (χ0v) is 10.6. The van der Waals surface area contributed by atoms with Gasteiger partial charge in [-0.15, -0.1) is 0 Å². The van der Waals surface area contributed by atoms with Crippen LogP contribution in [0.2, 0.25) is 0 Å². The average Bonchev–Trinajstić information content (AvgIpc) is 2.13. The highest BCUT2D eigenvalue weighted by Crippen LogP contribution is 2.43. The lowest BCUT2D eigenvalue weighted by molar-refractivity contribution is 0.0921. The van der Waals surface area contributed by atoms with Crippen molar-refractivity contribution >= 4 is 0 Å². The fourth-order valence-electron chi connectivity index (χ4n) is 3.25. The van der Waals surface area contributed by atoms with Gasteiger partial charge in [0.1, 0.15) is 0 Å². The van der Waals surface area contributed by atoms with Crippen LogP contribution in [0.4, 0.5) is 0 Å². The van der Waals surface area contributed by atoms with Crippen molar-refractivity contribution in [3.8, 4) is 0 Å². The first kappa shape index (κ1) is 12.1. The zero-order valence-electron chi connectivity index (χ0n) is 10.6. The Morgan fingerprint density at radius 2 is 1.86 bits per heavy atom. The van der Waals surface area contributed by atoms with Crippen LogP contribution in [0.15, 0.2) is 0 Å². The molecule has 0 radical (unpaired) electrons. The molecule has 1 rings (SSSR count). The van der Waals surface area contributed by atoms with Crippen molar-refractivity contribution in [3.05, 3.63) is 0 Å².